The van der Waals surface area contributed by atoms with Gasteiger partial charge in [-0.2, -0.15) is 0 Å². The van der Waals surface area contributed by atoms with E-state index in [2.05, 4.69) is 5.32 Å². The molecule has 0 radical (unpaired) electrons. The van der Waals surface area contributed by atoms with Gasteiger partial charge in [0, 0.05) is 19.5 Å². The fourth-order valence-electron chi connectivity index (χ4n) is 5.13. The number of benzene rings is 4. The van der Waals surface area contributed by atoms with Crippen LogP contribution in [0.15, 0.2) is 114 Å². The van der Waals surface area contributed by atoms with E-state index in [4.69, 9.17) is 0 Å². The first-order valence-corrected chi connectivity index (χ1v) is 16.7. The fraction of sp³-hybridized carbons (Fsp3) is 0.278. The number of amides is 2. The summed E-state index contributed by atoms with van der Waals surface area (Å²) in [7, 11) is -4.18. The topological polar surface area (TPSA) is 86.8 Å². The van der Waals surface area contributed by atoms with Gasteiger partial charge in [-0.05, 0) is 59.9 Å². The van der Waals surface area contributed by atoms with Gasteiger partial charge in [0.1, 0.15) is 18.4 Å². The molecule has 1 N–H and O–H groups in total. The third-order valence-corrected chi connectivity index (χ3v) is 9.39. The fourth-order valence-corrected chi connectivity index (χ4v) is 6.61. The summed E-state index contributed by atoms with van der Waals surface area (Å²) in [5.41, 5.74) is 2.60. The summed E-state index contributed by atoms with van der Waals surface area (Å²) in [6, 6.07) is 29.2. The van der Waals surface area contributed by atoms with Gasteiger partial charge in [0.25, 0.3) is 10.0 Å². The molecule has 0 aliphatic heterocycles. The summed E-state index contributed by atoms with van der Waals surface area (Å²) in [5, 5.41) is 2.97. The van der Waals surface area contributed by atoms with E-state index in [1.807, 2.05) is 56.3 Å². The molecule has 4 rings (SSSR count). The molecule has 4 aromatic carbocycles. The Bertz CT molecular complexity index is 1650. The van der Waals surface area contributed by atoms with Crippen LogP contribution in [0.25, 0.3) is 0 Å². The van der Waals surface area contributed by atoms with E-state index in [0.29, 0.717) is 24.2 Å². The van der Waals surface area contributed by atoms with Crippen LogP contribution in [0.1, 0.15) is 43.4 Å². The number of sulfonamides is 1. The summed E-state index contributed by atoms with van der Waals surface area (Å²) >= 11 is 0. The van der Waals surface area contributed by atoms with Gasteiger partial charge in [0.2, 0.25) is 11.8 Å². The van der Waals surface area contributed by atoms with Crippen LogP contribution in [0, 0.1) is 5.82 Å². The Balaban J connectivity index is 1.80. The Morgan fingerprint density at radius 2 is 1.42 bits per heavy atom. The molecule has 0 aliphatic rings. The van der Waals surface area contributed by atoms with Gasteiger partial charge < -0.3 is 10.2 Å². The summed E-state index contributed by atoms with van der Waals surface area (Å²) in [5.74, 6) is -1.32. The van der Waals surface area contributed by atoms with Crippen molar-refractivity contribution in [2.75, 3.05) is 17.4 Å². The molecule has 1 atom stereocenters. The first kappa shape index (κ1) is 33.4. The molecule has 2 amide bonds. The normalized spacial score (nSPS) is 11.9. The van der Waals surface area contributed by atoms with Crippen molar-refractivity contribution in [3.8, 4) is 0 Å². The molecule has 0 spiro atoms. The number of unbranched alkanes of at least 4 members (excludes halogenated alkanes) is 1. The molecule has 4 aromatic rings. The predicted molar refractivity (Wildman–Crippen MR) is 176 cm³/mol. The Labute approximate surface area is 265 Å². The van der Waals surface area contributed by atoms with Crippen molar-refractivity contribution in [3.63, 3.8) is 0 Å². The highest BCUT2D eigenvalue weighted by molar-refractivity contribution is 7.92. The van der Waals surface area contributed by atoms with Gasteiger partial charge in [0.15, 0.2) is 0 Å². The molecule has 0 saturated carbocycles. The zero-order valence-corrected chi connectivity index (χ0v) is 26.5. The van der Waals surface area contributed by atoms with Crippen molar-refractivity contribution in [1.82, 2.24) is 10.2 Å². The second kappa shape index (κ2) is 16.0. The van der Waals surface area contributed by atoms with E-state index in [1.54, 1.807) is 42.5 Å². The molecular weight excluding hydrogens is 589 g/mol. The maximum absolute atomic E-state index is 14.5. The number of hydrogen-bond acceptors (Lipinski definition) is 4. The molecule has 236 valence electrons. The van der Waals surface area contributed by atoms with Crippen LogP contribution in [0.4, 0.5) is 10.1 Å². The first-order chi connectivity index (χ1) is 21.7. The quantitative estimate of drug-likeness (QED) is 0.160. The SMILES string of the molecule is CCCCNC(=O)[C@H](Cc1ccccc1)N(Cc1ccc(F)cc1)C(=O)CN(c1ccccc1CC)S(=O)(=O)c1ccccc1. The van der Waals surface area contributed by atoms with Crippen molar-refractivity contribution in [1.29, 1.82) is 0 Å². The van der Waals surface area contributed by atoms with Crippen molar-refractivity contribution in [2.45, 2.75) is 57.0 Å². The van der Waals surface area contributed by atoms with Gasteiger partial charge in [-0.1, -0.05) is 99.1 Å². The number of hydrogen-bond donors (Lipinski definition) is 1. The predicted octanol–water partition coefficient (Wildman–Crippen LogP) is 6.14. The minimum Gasteiger partial charge on any atom is -0.354 e. The van der Waals surface area contributed by atoms with Gasteiger partial charge in [-0.3, -0.25) is 13.9 Å². The maximum atomic E-state index is 14.5. The number of carbonyl (C=O) groups is 2. The lowest BCUT2D eigenvalue weighted by Crippen LogP contribution is -2.53. The molecular formula is C36H40FN3O4S. The van der Waals surface area contributed by atoms with Crippen molar-refractivity contribution >= 4 is 27.5 Å². The molecule has 0 saturated heterocycles. The van der Waals surface area contributed by atoms with E-state index in [1.165, 1.54) is 29.2 Å². The van der Waals surface area contributed by atoms with E-state index in [-0.39, 0.29) is 23.8 Å². The number of nitrogens with zero attached hydrogens (tertiary/aromatic N) is 2. The summed E-state index contributed by atoms with van der Waals surface area (Å²) in [4.78, 5) is 29.8. The standard InChI is InChI=1S/C36H40FN3O4S/c1-3-5-24-38-36(42)34(25-28-14-8-6-9-15-28)39(26-29-20-22-31(37)23-21-29)35(41)27-40(33-19-13-12-16-30(33)4-2)45(43,44)32-17-10-7-11-18-32/h6-23,34H,3-5,24-27H2,1-2H3,(H,38,42)/t34-/m0/s1. The maximum Gasteiger partial charge on any atom is 0.264 e. The van der Waals surface area contributed by atoms with Crippen LogP contribution in [0.5, 0.6) is 0 Å². The highest BCUT2D eigenvalue weighted by atomic mass is 32.2. The van der Waals surface area contributed by atoms with E-state index in [0.717, 1.165) is 28.3 Å². The van der Waals surface area contributed by atoms with Gasteiger partial charge >= 0.3 is 0 Å². The van der Waals surface area contributed by atoms with E-state index in [9.17, 15) is 22.4 Å². The molecule has 0 aromatic heterocycles. The first-order valence-electron chi connectivity index (χ1n) is 15.3. The number of anilines is 1. The zero-order valence-electron chi connectivity index (χ0n) is 25.7. The average molecular weight is 630 g/mol. The lowest BCUT2D eigenvalue weighted by Gasteiger charge is -2.34. The van der Waals surface area contributed by atoms with E-state index >= 15 is 0 Å². The Hall–Kier alpha value is -4.50. The number of carbonyl (C=O) groups excluding carboxylic acids is 2. The van der Waals surface area contributed by atoms with Gasteiger partial charge in [0.05, 0.1) is 10.6 Å². The van der Waals surface area contributed by atoms with Crippen molar-refractivity contribution < 1.29 is 22.4 Å². The highest BCUT2D eigenvalue weighted by Gasteiger charge is 2.35. The molecule has 0 fully saturated rings. The summed E-state index contributed by atoms with van der Waals surface area (Å²) < 4.78 is 43.3. The van der Waals surface area contributed by atoms with Crippen LogP contribution in [-0.4, -0.2) is 44.3 Å². The van der Waals surface area contributed by atoms with Crippen molar-refractivity contribution in [2.24, 2.45) is 0 Å². The van der Waals surface area contributed by atoms with Crippen LogP contribution in [0.3, 0.4) is 0 Å². The number of aryl methyl sites for hydroxylation is 1. The van der Waals surface area contributed by atoms with Crippen molar-refractivity contribution in [3.05, 3.63) is 132 Å². The number of nitrogens with one attached hydrogen (secondary N) is 1. The Kier molecular flexibility index (Phi) is 11.9. The van der Waals surface area contributed by atoms with Gasteiger partial charge in [-0.25, -0.2) is 12.8 Å². The lowest BCUT2D eigenvalue weighted by atomic mass is 10.0. The lowest BCUT2D eigenvalue weighted by molar-refractivity contribution is -0.140. The number of para-hydroxylation sites is 1. The zero-order chi connectivity index (χ0) is 32.2. The Morgan fingerprint density at radius 3 is 2.07 bits per heavy atom. The van der Waals surface area contributed by atoms with Crippen LogP contribution < -0.4 is 9.62 Å². The smallest absolute Gasteiger partial charge is 0.264 e. The largest absolute Gasteiger partial charge is 0.354 e. The van der Waals surface area contributed by atoms with Crippen LogP contribution in [-0.2, 0) is 39.0 Å². The molecule has 9 heteroatoms. The minimum atomic E-state index is -4.18. The number of rotatable bonds is 15. The summed E-state index contributed by atoms with van der Waals surface area (Å²) in [6.45, 7) is 3.83. The monoisotopic (exact) mass is 629 g/mol. The molecule has 0 heterocycles. The average Bonchev–Trinajstić information content (AvgIpc) is 3.06. The summed E-state index contributed by atoms with van der Waals surface area (Å²) in [6.07, 6.45) is 2.40. The minimum absolute atomic E-state index is 0.0214. The molecule has 0 unspecified atom stereocenters. The Morgan fingerprint density at radius 1 is 0.800 bits per heavy atom. The molecule has 45 heavy (non-hydrogen) atoms. The molecule has 0 aliphatic carbocycles. The molecule has 7 nitrogen and oxygen atoms in total. The third-order valence-electron chi connectivity index (χ3n) is 7.62. The molecule has 0 bridgehead atoms. The number of halogens is 1. The second-order valence-electron chi connectivity index (χ2n) is 10.8. The second-order valence-corrected chi connectivity index (χ2v) is 12.7. The van der Waals surface area contributed by atoms with Gasteiger partial charge in [-0.15, -0.1) is 0 Å². The van der Waals surface area contributed by atoms with E-state index < -0.39 is 34.3 Å². The third kappa shape index (κ3) is 8.79. The highest BCUT2D eigenvalue weighted by Crippen LogP contribution is 2.28. The van der Waals surface area contributed by atoms with Crippen LogP contribution in [0.2, 0.25) is 0 Å². The van der Waals surface area contributed by atoms with Crippen LogP contribution >= 0.6 is 0 Å².